The van der Waals surface area contributed by atoms with Crippen molar-refractivity contribution in [1.82, 2.24) is 10.3 Å². The maximum atomic E-state index is 12.1. The smallest absolute Gasteiger partial charge is 0.251 e. The first-order chi connectivity index (χ1) is 9.83. The molecule has 4 nitrogen and oxygen atoms in total. The van der Waals surface area contributed by atoms with E-state index in [1.165, 1.54) is 0 Å². The molecule has 1 saturated heterocycles. The van der Waals surface area contributed by atoms with Gasteiger partial charge in [0.2, 0.25) is 0 Å². The number of amides is 1. The van der Waals surface area contributed by atoms with Crippen molar-refractivity contribution in [3.63, 3.8) is 0 Å². The quantitative estimate of drug-likeness (QED) is 0.926. The molecule has 0 radical (unpaired) electrons. The minimum absolute atomic E-state index is 0.00142. The van der Waals surface area contributed by atoms with Gasteiger partial charge in [0, 0.05) is 30.9 Å². The molecule has 3 rings (SSSR count). The molecule has 1 amide bonds. The highest BCUT2D eigenvalue weighted by molar-refractivity contribution is 5.94. The van der Waals surface area contributed by atoms with E-state index in [4.69, 9.17) is 0 Å². The molecule has 4 heteroatoms. The molecule has 1 aliphatic rings. The number of hydrogen-bond donors (Lipinski definition) is 1. The summed E-state index contributed by atoms with van der Waals surface area (Å²) in [6.45, 7) is 1.74. The highest BCUT2D eigenvalue weighted by Crippen LogP contribution is 2.17. The van der Waals surface area contributed by atoms with Gasteiger partial charge < -0.3 is 10.2 Å². The molecule has 1 atom stereocenters. The van der Waals surface area contributed by atoms with Crippen LogP contribution in [0.4, 0.5) is 5.82 Å². The molecular formula is C16H17N3O. The lowest BCUT2D eigenvalue weighted by atomic mass is 10.2. The zero-order valence-corrected chi connectivity index (χ0v) is 11.2. The lowest BCUT2D eigenvalue weighted by molar-refractivity contribution is 0.0940. The fourth-order valence-electron chi connectivity index (χ4n) is 2.49. The van der Waals surface area contributed by atoms with E-state index in [0.717, 1.165) is 25.3 Å². The van der Waals surface area contributed by atoms with Crippen LogP contribution in [0.2, 0.25) is 0 Å². The first kappa shape index (κ1) is 12.7. The summed E-state index contributed by atoms with van der Waals surface area (Å²) in [7, 11) is 0. The van der Waals surface area contributed by atoms with Gasteiger partial charge in [-0.2, -0.15) is 0 Å². The molecule has 1 unspecified atom stereocenters. The highest BCUT2D eigenvalue weighted by atomic mass is 16.1. The molecule has 102 valence electrons. The SMILES string of the molecule is O=C(NC1CCN(c2ccccn2)C1)c1ccccc1. The highest BCUT2D eigenvalue weighted by Gasteiger charge is 2.24. The number of nitrogens with zero attached hydrogens (tertiary/aromatic N) is 2. The minimum Gasteiger partial charge on any atom is -0.354 e. The second-order valence-corrected chi connectivity index (χ2v) is 4.96. The third kappa shape index (κ3) is 2.79. The van der Waals surface area contributed by atoms with Gasteiger partial charge in [0.15, 0.2) is 0 Å². The summed E-state index contributed by atoms with van der Waals surface area (Å²) in [5.41, 5.74) is 0.712. The van der Waals surface area contributed by atoms with Crippen molar-refractivity contribution >= 4 is 11.7 Å². The summed E-state index contributed by atoms with van der Waals surface area (Å²) in [6, 6.07) is 15.4. The van der Waals surface area contributed by atoms with Gasteiger partial charge in [0.1, 0.15) is 5.82 Å². The zero-order chi connectivity index (χ0) is 13.8. The Morgan fingerprint density at radius 2 is 1.95 bits per heavy atom. The Hall–Kier alpha value is -2.36. The average Bonchev–Trinajstić information content (AvgIpc) is 2.97. The Morgan fingerprint density at radius 3 is 2.70 bits per heavy atom. The molecule has 0 aliphatic carbocycles. The Kier molecular flexibility index (Phi) is 3.63. The van der Waals surface area contributed by atoms with Gasteiger partial charge in [0.05, 0.1) is 0 Å². The molecular weight excluding hydrogens is 250 g/mol. The van der Waals surface area contributed by atoms with Crippen LogP contribution in [0.1, 0.15) is 16.8 Å². The lowest BCUT2D eigenvalue weighted by Gasteiger charge is -2.17. The van der Waals surface area contributed by atoms with Gasteiger partial charge in [-0.15, -0.1) is 0 Å². The van der Waals surface area contributed by atoms with E-state index in [1.807, 2.05) is 48.5 Å². The van der Waals surface area contributed by atoms with Gasteiger partial charge in [-0.3, -0.25) is 4.79 Å². The van der Waals surface area contributed by atoms with Crippen molar-refractivity contribution in [2.24, 2.45) is 0 Å². The van der Waals surface area contributed by atoms with E-state index < -0.39 is 0 Å². The topological polar surface area (TPSA) is 45.2 Å². The van der Waals surface area contributed by atoms with Crippen LogP contribution in [0.15, 0.2) is 54.7 Å². The first-order valence-corrected chi connectivity index (χ1v) is 6.85. The molecule has 0 bridgehead atoms. The molecule has 2 aromatic rings. The van der Waals surface area contributed by atoms with Crippen molar-refractivity contribution in [3.05, 3.63) is 60.3 Å². The number of aromatic nitrogens is 1. The fourth-order valence-corrected chi connectivity index (χ4v) is 2.49. The van der Waals surface area contributed by atoms with E-state index in [9.17, 15) is 4.79 Å². The third-order valence-corrected chi connectivity index (χ3v) is 3.53. The number of pyridine rings is 1. The van der Waals surface area contributed by atoms with E-state index >= 15 is 0 Å². The number of carbonyl (C=O) groups is 1. The van der Waals surface area contributed by atoms with Crippen LogP contribution < -0.4 is 10.2 Å². The van der Waals surface area contributed by atoms with Crippen LogP contribution in [-0.2, 0) is 0 Å². The van der Waals surface area contributed by atoms with Crippen molar-refractivity contribution in [1.29, 1.82) is 0 Å². The molecule has 1 aromatic carbocycles. The number of hydrogen-bond acceptors (Lipinski definition) is 3. The molecule has 0 spiro atoms. The van der Waals surface area contributed by atoms with Crippen LogP contribution in [0.3, 0.4) is 0 Å². The van der Waals surface area contributed by atoms with Crippen LogP contribution in [-0.4, -0.2) is 30.0 Å². The number of nitrogens with one attached hydrogen (secondary N) is 1. The number of carbonyl (C=O) groups excluding carboxylic acids is 1. The predicted octanol–water partition coefficient (Wildman–Crippen LogP) is 2.09. The van der Waals surface area contributed by atoms with Crippen LogP contribution >= 0.6 is 0 Å². The number of anilines is 1. The second kappa shape index (κ2) is 5.74. The monoisotopic (exact) mass is 267 g/mol. The van der Waals surface area contributed by atoms with Crippen LogP contribution in [0.25, 0.3) is 0 Å². The summed E-state index contributed by atoms with van der Waals surface area (Å²) < 4.78 is 0. The Morgan fingerprint density at radius 1 is 1.15 bits per heavy atom. The summed E-state index contributed by atoms with van der Waals surface area (Å²) in [5.74, 6) is 0.974. The lowest BCUT2D eigenvalue weighted by Crippen LogP contribution is -2.37. The molecule has 1 fully saturated rings. The van der Waals surface area contributed by atoms with E-state index in [2.05, 4.69) is 15.2 Å². The van der Waals surface area contributed by atoms with Crippen molar-refractivity contribution in [2.45, 2.75) is 12.5 Å². The normalized spacial score (nSPS) is 18.0. The fraction of sp³-hybridized carbons (Fsp3) is 0.250. The van der Waals surface area contributed by atoms with E-state index in [0.29, 0.717) is 5.56 Å². The Bertz CT molecular complexity index is 571. The molecule has 0 saturated carbocycles. The van der Waals surface area contributed by atoms with Crippen molar-refractivity contribution < 1.29 is 4.79 Å². The van der Waals surface area contributed by atoms with Gasteiger partial charge in [0.25, 0.3) is 5.91 Å². The number of rotatable bonds is 3. The average molecular weight is 267 g/mol. The second-order valence-electron chi connectivity index (χ2n) is 4.96. The number of benzene rings is 1. The van der Waals surface area contributed by atoms with Gasteiger partial charge in [-0.25, -0.2) is 4.98 Å². The molecule has 2 heterocycles. The predicted molar refractivity (Wildman–Crippen MR) is 78.8 cm³/mol. The summed E-state index contributed by atoms with van der Waals surface area (Å²) in [6.07, 6.45) is 2.75. The van der Waals surface area contributed by atoms with Gasteiger partial charge in [-0.1, -0.05) is 24.3 Å². The molecule has 1 N–H and O–H groups in total. The van der Waals surface area contributed by atoms with Gasteiger partial charge >= 0.3 is 0 Å². The standard InChI is InChI=1S/C16H17N3O/c20-16(13-6-2-1-3-7-13)18-14-9-11-19(12-14)15-8-4-5-10-17-15/h1-8,10,14H,9,11-12H2,(H,18,20). The van der Waals surface area contributed by atoms with Crippen molar-refractivity contribution in [2.75, 3.05) is 18.0 Å². The summed E-state index contributed by atoms with van der Waals surface area (Å²) in [5, 5.41) is 3.09. The van der Waals surface area contributed by atoms with Crippen molar-refractivity contribution in [3.8, 4) is 0 Å². The molecule has 1 aromatic heterocycles. The van der Waals surface area contributed by atoms with Gasteiger partial charge in [-0.05, 0) is 30.7 Å². The maximum absolute atomic E-state index is 12.1. The molecule has 1 aliphatic heterocycles. The Labute approximate surface area is 118 Å². The van der Waals surface area contributed by atoms with Crippen LogP contribution in [0, 0.1) is 0 Å². The zero-order valence-electron chi connectivity index (χ0n) is 11.2. The largest absolute Gasteiger partial charge is 0.354 e. The third-order valence-electron chi connectivity index (χ3n) is 3.53. The first-order valence-electron chi connectivity index (χ1n) is 6.85. The van der Waals surface area contributed by atoms with E-state index in [-0.39, 0.29) is 11.9 Å². The maximum Gasteiger partial charge on any atom is 0.251 e. The molecule has 20 heavy (non-hydrogen) atoms. The van der Waals surface area contributed by atoms with Crippen LogP contribution in [0.5, 0.6) is 0 Å². The Balaban J connectivity index is 1.60. The summed E-state index contributed by atoms with van der Waals surface area (Å²) >= 11 is 0. The van der Waals surface area contributed by atoms with E-state index in [1.54, 1.807) is 6.20 Å². The summed E-state index contributed by atoms with van der Waals surface area (Å²) in [4.78, 5) is 18.6. The minimum atomic E-state index is -0.00142.